The molecule has 0 spiro atoms. The molecule has 1 atom stereocenters. The number of halogens is 1. The summed E-state index contributed by atoms with van der Waals surface area (Å²) < 4.78 is 0.872. The van der Waals surface area contributed by atoms with Gasteiger partial charge >= 0.3 is 0 Å². The summed E-state index contributed by atoms with van der Waals surface area (Å²) in [5.74, 6) is 1.62. The van der Waals surface area contributed by atoms with Gasteiger partial charge in [-0.15, -0.1) is 11.3 Å². The molecule has 0 aliphatic heterocycles. The van der Waals surface area contributed by atoms with Gasteiger partial charge < -0.3 is 10.6 Å². The molecule has 2 aromatic rings. The highest BCUT2D eigenvalue weighted by atomic mass is 79.9. The van der Waals surface area contributed by atoms with E-state index < -0.39 is 0 Å². The summed E-state index contributed by atoms with van der Waals surface area (Å²) in [6, 6.07) is 4.51. The summed E-state index contributed by atoms with van der Waals surface area (Å²) in [5.41, 5.74) is 0. The van der Waals surface area contributed by atoms with Gasteiger partial charge in [0.05, 0.1) is 6.04 Å². The van der Waals surface area contributed by atoms with Crippen LogP contribution < -0.4 is 10.6 Å². The summed E-state index contributed by atoms with van der Waals surface area (Å²) in [6.45, 7) is 7.12. The smallest absolute Gasteiger partial charge is 0.146 e. The van der Waals surface area contributed by atoms with Crippen LogP contribution in [0, 0.1) is 6.92 Å². The highest BCUT2D eigenvalue weighted by molar-refractivity contribution is 9.10. The number of rotatable bonds is 5. The van der Waals surface area contributed by atoms with Crippen LogP contribution in [0.5, 0.6) is 0 Å². The quantitative estimate of drug-likeness (QED) is 0.855. The molecule has 6 heteroatoms. The third-order valence-electron chi connectivity index (χ3n) is 2.67. The third kappa shape index (κ3) is 3.45. The Kier molecular flexibility index (Phi) is 4.76. The van der Waals surface area contributed by atoms with E-state index in [0.717, 1.165) is 22.7 Å². The molecule has 2 aromatic heterocycles. The second-order valence-corrected chi connectivity index (χ2v) is 6.34. The Morgan fingerprint density at radius 3 is 2.68 bits per heavy atom. The Hall–Kier alpha value is -1.14. The molecular weight excluding hydrogens is 324 g/mol. The fourth-order valence-electron chi connectivity index (χ4n) is 1.72. The Labute approximate surface area is 125 Å². The van der Waals surface area contributed by atoms with Crippen molar-refractivity contribution in [3.63, 3.8) is 0 Å². The summed E-state index contributed by atoms with van der Waals surface area (Å²) in [5, 5.41) is 6.61. The van der Waals surface area contributed by atoms with E-state index >= 15 is 0 Å². The Morgan fingerprint density at radius 2 is 2.05 bits per heavy atom. The molecule has 0 aromatic carbocycles. The minimum absolute atomic E-state index is 0.222. The molecule has 2 heterocycles. The number of aryl methyl sites for hydroxylation is 1. The van der Waals surface area contributed by atoms with Gasteiger partial charge in [0.2, 0.25) is 0 Å². The van der Waals surface area contributed by atoms with Crippen LogP contribution in [0.4, 0.5) is 11.6 Å². The third-order valence-corrected chi connectivity index (χ3v) is 4.61. The van der Waals surface area contributed by atoms with Gasteiger partial charge in [0.25, 0.3) is 0 Å². The molecule has 19 heavy (non-hydrogen) atoms. The van der Waals surface area contributed by atoms with Crippen LogP contribution in [0.3, 0.4) is 0 Å². The lowest BCUT2D eigenvalue weighted by Crippen LogP contribution is -2.09. The topological polar surface area (TPSA) is 49.8 Å². The van der Waals surface area contributed by atoms with E-state index in [0.29, 0.717) is 0 Å². The maximum atomic E-state index is 4.29. The maximum Gasteiger partial charge on any atom is 0.146 e. The number of hydrogen-bond acceptors (Lipinski definition) is 5. The molecule has 4 nitrogen and oxygen atoms in total. The SMILES string of the molecule is CCNc1ncnc(NC(C)c2ccc(C)s2)c1Br. The molecule has 0 radical (unpaired) electrons. The van der Waals surface area contributed by atoms with Gasteiger partial charge in [-0.2, -0.15) is 0 Å². The second-order valence-electron chi connectivity index (χ2n) is 4.23. The van der Waals surface area contributed by atoms with Gasteiger partial charge in [-0.05, 0) is 48.8 Å². The molecule has 0 saturated heterocycles. The van der Waals surface area contributed by atoms with E-state index in [2.05, 4.69) is 62.5 Å². The number of anilines is 2. The molecule has 0 fully saturated rings. The zero-order chi connectivity index (χ0) is 13.8. The number of nitrogens with one attached hydrogen (secondary N) is 2. The first-order valence-electron chi connectivity index (χ1n) is 6.19. The molecule has 0 amide bonds. The lowest BCUT2D eigenvalue weighted by Gasteiger charge is -2.15. The van der Waals surface area contributed by atoms with Crippen LogP contribution in [-0.2, 0) is 0 Å². The lowest BCUT2D eigenvalue weighted by molar-refractivity contribution is 0.890. The van der Waals surface area contributed by atoms with Crippen LogP contribution in [-0.4, -0.2) is 16.5 Å². The van der Waals surface area contributed by atoms with Crippen molar-refractivity contribution >= 4 is 38.9 Å². The number of thiophene rings is 1. The van der Waals surface area contributed by atoms with Gasteiger partial charge in [0.15, 0.2) is 0 Å². The lowest BCUT2D eigenvalue weighted by atomic mass is 10.2. The molecular formula is C13H17BrN4S. The van der Waals surface area contributed by atoms with Crippen molar-refractivity contribution < 1.29 is 0 Å². The normalized spacial score (nSPS) is 12.2. The van der Waals surface area contributed by atoms with Gasteiger partial charge in [-0.1, -0.05) is 0 Å². The van der Waals surface area contributed by atoms with E-state index in [-0.39, 0.29) is 6.04 Å². The molecule has 0 aliphatic carbocycles. The first-order valence-corrected chi connectivity index (χ1v) is 7.80. The standard InChI is InChI=1S/C13H17BrN4S/c1-4-15-12-11(14)13(17-7-16-12)18-9(3)10-6-5-8(2)19-10/h5-7,9H,4H2,1-3H3,(H2,15,16,17,18). The van der Waals surface area contributed by atoms with Crippen LogP contribution in [0.2, 0.25) is 0 Å². The number of nitrogens with zero attached hydrogens (tertiary/aromatic N) is 2. The molecule has 1 unspecified atom stereocenters. The van der Waals surface area contributed by atoms with Crippen molar-refractivity contribution in [3.05, 3.63) is 32.7 Å². The Morgan fingerprint density at radius 1 is 1.32 bits per heavy atom. The average molecular weight is 341 g/mol. The van der Waals surface area contributed by atoms with Gasteiger partial charge in [-0.3, -0.25) is 0 Å². The monoisotopic (exact) mass is 340 g/mol. The van der Waals surface area contributed by atoms with E-state index in [1.165, 1.54) is 9.75 Å². The predicted octanol–water partition coefficient (Wildman–Crippen LogP) is 4.21. The first kappa shape index (κ1) is 14.3. The second kappa shape index (κ2) is 6.34. The van der Waals surface area contributed by atoms with E-state index in [1.807, 2.05) is 6.92 Å². The van der Waals surface area contributed by atoms with Crippen LogP contribution >= 0.6 is 27.3 Å². The van der Waals surface area contributed by atoms with Crippen molar-refractivity contribution in [2.24, 2.45) is 0 Å². The average Bonchev–Trinajstić information content (AvgIpc) is 2.81. The molecule has 0 saturated carbocycles. The van der Waals surface area contributed by atoms with Crippen molar-refractivity contribution in [2.45, 2.75) is 26.8 Å². The summed E-state index contributed by atoms with van der Waals surface area (Å²) in [7, 11) is 0. The van der Waals surface area contributed by atoms with Gasteiger partial charge in [0, 0.05) is 16.3 Å². The molecule has 0 bridgehead atoms. The molecule has 2 rings (SSSR count). The van der Waals surface area contributed by atoms with Crippen LogP contribution in [0.25, 0.3) is 0 Å². The summed E-state index contributed by atoms with van der Waals surface area (Å²) in [4.78, 5) is 11.1. The van der Waals surface area contributed by atoms with Crippen molar-refractivity contribution in [2.75, 3.05) is 17.2 Å². The van der Waals surface area contributed by atoms with Crippen LogP contribution in [0.15, 0.2) is 22.9 Å². The van der Waals surface area contributed by atoms with Crippen molar-refractivity contribution in [1.29, 1.82) is 0 Å². The molecule has 102 valence electrons. The highest BCUT2D eigenvalue weighted by Crippen LogP contribution is 2.31. The Bertz CT molecular complexity index is 555. The predicted molar refractivity (Wildman–Crippen MR) is 85.0 cm³/mol. The number of aromatic nitrogens is 2. The fourth-order valence-corrected chi connectivity index (χ4v) is 3.06. The highest BCUT2D eigenvalue weighted by Gasteiger charge is 2.13. The molecule has 2 N–H and O–H groups in total. The van der Waals surface area contributed by atoms with Gasteiger partial charge in [0.1, 0.15) is 22.4 Å². The van der Waals surface area contributed by atoms with E-state index in [9.17, 15) is 0 Å². The van der Waals surface area contributed by atoms with E-state index in [4.69, 9.17) is 0 Å². The minimum Gasteiger partial charge on any atom is -0.369 e. The van der Waals surface area contributed by atoms with Crippen LogP contribution in [0.1, 0.15) is 29.6 Å². The molecule has 0 aliphatic rings. The van der Waals surface area contributed by atoms with Crippen molar-refractivity contribution in [1.82, 2.24) is 9.97 Å². The number of hydrogen-bond donors (Lipinski definition) is 2. The van der Waals surface area contributed by atoms with Crippen molar-refractivity contribution in [3.8, 4) is 0 Å². The summed E-state index contributed by atoms with van der Waals surface area (Å²) in [6.07, 6.45) is 1.57. The fraction of sp³-hybridized carbons (Fsp3) is 0.385. The minimum atomic E-state index is 0.222. The first-order chi connectivity index (χ1) is 9.11. The largest absolute Gasteiger partial charge is 0.369 e. The summed E-state index contributed by atoms with van der Waals surface area (Å²) >= 11 is 5.34. The zero-order valence-corrected chi connectivity index (χ0v) is 13.6. The Balaban J connectivity index is 2.16. The van der Waals surface area contributed by atoms with E-state index in [1.54, 1.807) is 17.7 Å². The maximum absolute atomic E-state index is 4.29. The van der Waals surface area contributed by atoms with Gasteiger partial charge in [-0.25, -0.2) is 9.97 Å². The zero-order valence-electron chi connectivity index (χ0n) is 11.2.